The van der Waals surface area contributed by atoms with Crippen molar-refractivity contribution in [1.82, 2.24) is 20.2 Å². The minimum absolute atomic E-state index is 0.174. The minimum Gasteiger partial charge on any atom is -0.388 e. The number of primary amides is 1. The summed E-state index contributed by atoms with van der Waals surface area (Å²) in [6.45, 7) is 2.66. The van der Waals surface area contributed by atoms with E-state index in [1.165, 1.54) is 6.21 Å². The number of carbonyl (C=O) groups excluding carboxylic acids is 3. The molecule has 1 aliphatic heterocycles. The summed E-state index contributed by atoms with van der Waals surface area (Å²) in [5.74, 6) is 0.210. The molecule has 3 aromatic rings. The molecule has 1 atom stereocenters. The van der Waals surface area contributed by atoms with E-state index in [2.05, 4.69) is 25.8 Å². The number of ether oxygens (including phenoxy) is 1. The molecule has 1 aliphatic rings. The lowest BCUT2D eigenvalue weighted by molar-refractivity contribution is -0.129. The number of likely N-dealkylation sites (tertiary alicyclic amines) is 1. The van der Waals surface area contributed by atoms with Crippen molar-refractivity contribution >= 4 is 46.3 Å². The van der Waals surface area contributed by atoms with Gasteiger partial charge in [0.1, 0.15) is 19.0 Å². The van der Waals surface area contributed by atoms with Crippen LogP contribution < -0.4 is 21.7 Å². The molecule has 2 aromatic carbocycles. The third kappa shape index (κ3) is 7.62. The summed E-state index contributed by atoms with van der Waals surface area (Å²) in [4.78, 5) is 45.6. The monoisotopic (exact) mass is 534 g/mol. The Morgan fingerprint density at radius 2 is 2.08 bits per heavy atom. The summed E-state index contributed by atoms with van der Waals surface area (Å²) >= 11 is 0. The van der Waals surface area contributed by atoms with Crippen molar-refractivity contribution in [2.45, 2.75) is 19.4 Å². The van der Waals surface area contributed by atoms with Crippen molar-refractivity contribution in [2.24, 2.45) is 11.7 Å². The van der Waals surface area contributed by atoms with Gasteiger partial charge in [-0.1, -0.05) is 0 Å². The maximum absolute atomic E-state index is 12.8. The number of rotatable bonds is 13. The molecule has 7 N–H and O–H groups in total. The van der Waals surface area contributed by atoms with Gasteiger partial charge in [-0.3, -0.25) is 19.3 Å². The Balaban J connectivity index is 1.26. The summed E-state index contributed by atoms with van der Waals surface area (Å²) in [7, 11) is 1.77. The summed E-state index contributed by atoms with van der Waals surface area (Å²) in [6.07, 6.45) is 3.12. The molecule has 206 valence electrons. The van der Waals surface area contributed by atoms with Gasteiger partial charge < -0.3 is 36.8 Å². The van der Waals surface area contributed by atoms with Crippen molar-refractivity contribution in [1.29, 1.82) is 5.41 Å². The van der Waals surface area contributed by atoms with Crippen LogP contribution in [0.15, 0.2) is 36.4 Å². The zero-order valence-corrected chi connectivity index (χ0v) is 21.9. The van der Waals surface area contributed by atoms with E-state index in [4.69, 9.17) is 20.9 Å². The number of hydrogen-bond acceptors (Lipinski definition) is 8. The normalized spacial score (nSPS) is 15.3. The largest absolute Gasteiger partial charge is 0.388 e. The van der Waals surface area contributed by atoms with Crippen LogP contribution in [0.2, 0.25) is 0 Å². The van der Waals surface area contributed by atoms with Crippen LogP contribution in [0.1, 0.15) is 34.6 Å². The zero-order valence-electron chi connectivity index (χ0n) is 21.9. The average Bonchev–Trinajstić information content (AvgIpc) is 3.53. The number of nitrogens with two attached hydrogens (primary N) is 1. The molecule has 4 rings (SSSR count). The van der Waals surface area contributed by atoms with Crippen molar-refractivity contribution in [2.75, 3.05) is 50.5 Å². The third-order valence-corrected chi connectivity index (χ3v) is 6.62. The van der Waals surface area contributed by atoms with Crippen LogP contribution in [0.4, 0.5) is 11.4 Å². The molecule has 0 radical (unpaired) electrons. The van der Waals surface area contributed by atoms with Gasteiger partial charge in [0, 0.05) is 48.9 Å². The van der Waals surface area contributed by atoms with Crippen molar-refractivity contribution in [3.8, 4) is 0 Å². The number of anilines is 2. The molecule has 0 saturated carbocycles. The standard InChI is InChI=1S/C27H34N8O4/c1-30-21-4-2-18(10-19(21)12-28)27(38)32-20-3-5-22-23(11-20)34-25(33-22)14-35-9-7-17(13-35)6-8-31-26(37)16-39-15-24(29)36/h2-5,10-12,17,28,30H,6-9,13-16H2,1H3,(H2,29,36)(H,31,37)(H,32,38)(H,33,34). The topological polar surface area (TPSA) is 178 Å². The number of imidazole rings is 1. The van der Waals surface area contributed by atoms with Crippen LogP contribution in [0, 0.1) is 11.3 Å². The Labute approximate surface area is 226 Å². The second-order valence-corrected chi connectivity index (χ2v) is 9.55. The predicted octanol–water partition coefficient (Wildman–Crippen LogP) is 1.68. The van der Waals surface area contributed by atoms with Gasteiger partial charge in [-0.05, 0) is 61.7 Å². The molecule has 0 aliphatic carbocycles. The highest BCUT2D eigenvalue weighted by atomic mass is 16.5. The number of H-pyrrole nitrogens is 1. The maximum atomic E-state index is 12.8. The number of aromatic amines is 1. The van der Waals surface area contributed by atoms with E-state index in [0.717, 1.165) is 48.5 Å². The van der Waals surface area contributed by atoms with E-state index < -0.39 is 5.91 Å². The molecule has 3 amide bonds. The molecule has 1 aromatic heterocycles. The molecule has 1 unspecified atom stereocenters. The average molecular weight is 535 g/mol. The molecule has 0 bridgehead atoms. The van der Waals surface area contributed by atoms with Crippen LogP contribution in [0.25, 0.3) is 11.0 Å². The Morgan fingerprint density at radius 1 is 1.23 bits per heavy atom. The van der Waals surface area contributed by atoms with Crippen LogP contribution >= 0.6 is 0 Å². The van der Waals surface area contributed by atoms with Crippen molar-refractivity contribution in [3.63, 3.8) is 0 Å². The first-order chi connectivity index (χ1) is 18.8. The Kier molecular flexibility index (Phi) is 9.23. The molecule has 39 heavy (non-hydrogen) atoms. The predicted molar refractivity (Wildman–Crippen MR) is 149 cm³/mol. The second kappa shape index (κ2) is 13.0. The number of nitrogens with zero attached hydrogens (tertiary/aromatic N) is 2. The SMILES string of the molecule is CNc1ccc(C(=O)Nc2ccc3[nH]c(CN4CCC(CCNC(=O)COCC(N)=O)C4)nc3c2)cc1C=N. The van der Waals surface area contributed by atoms with E-state index in [9.17, 15) is 14.4 Å². The molecule has 1 fully saturated rings. The van der Waals surface area contributed by atoms with Gasteiger partial charge in [-0.15, -0.1) is 0 Å². The van der Waals surface area contributed by atoms with Gasteiger partial charge in [-0.2, -0.15) is 0 Å². The lowest BCUT2D eigenvalue weighted by Gasteiger charge is -2.14. The smallest absolute Gasteiger partial charge is 0.255 e. The van der Waals surface area contributed by atoms with Gasteiger partial charge in [0.25, 0.3) is 5.91 Å². The highest BCUT2D eigenvalue weighted by Gasteiger charge is 2.23. The molecule has 2 heterocycles. The Hall–Kier alpha value is -4.29. The molecular formula is C27H34N8O4. The zero-order chi connectivity index (χ0) is 27.8. The first-order valence-corrected chi connectivity index (χ1v) is 12.8. The van der Waals surface area contributed by atoms with E-state index in [0.29, 0.717) is 35.8 Å². The fourth-order valence-electron chi connectivity index (χ4n) is 4.68. The van der Waals surface area contributed by atoms with E-state index in [1.807, 2.05) is 18.2 Å². The van der Waals surface area contributed by atoms with Gasteiger partial charge in [0.05, 0.1) is 17.6 Å². The Bertz CT molecular complexity index is 1350. The second-order valence-electron chi connectivity index (χ2n) is 9.55. The van der Waals surface area contributed by atoms with Gasteiger partial charge in [-0.25, -0.2) is 4.98 Å². The number of nitrogens with one attached hydrogen (secondary N) is 5. The number of benzene rings is 2. The van der Waals surface area contributed by atoms with Crippen LogP contribution in [-0.4, -0.2) is 78.7 Å². The first kappa shape index (κ1) is 27.7. The number of carbonyl (C=O) groups is 3. The van der Waals surface area contributed by atoms with Crippen LogP contribution in [-0.2, 0) is 20.9 Å². The molecular weight excluding hydrogens is 500 g/mol. The van der Waals surface area contributed by atoms with Gasteiger partial charge in [0.15, 0.2) is 0 Å². The van der Waals surface area contributed by atoms with Gasteiger partial charge >= 0.3 is 0 Å². The lowest BCUT2D eigenvalue weighted by Crippen LogP contribution is -2.31. The highest BCUT2D eigenvalue weighted by Crippen LogP contribution is 2.23. The van der Waals surface area contributed by atoms with Crippen LogP contribution in [0.3, 0.4) is 0 Å². The van der Waals surface area contributed by atoms with Crippen LogP contribution in [0.5, 0.6) is 0 Å². The summed E-state index contributed by atoms with van der Waals surface area (Å²) < 4.78 is 4.92. The maximum Gasteiger partial charge on any atom is 0.255 e. The lowest BCUT2D eigenvalue weighted by atomic mass is 10.1. The van der Waals surface area contributed by atoms with Crippen molar-refractivity contribution in [3.05, 3.63) is 53.3 Å². The molecule has 1 saturated heterocycles. The third-order valence-electron chi connectivity index (χ3n) is 6.62. The van der Waals surface area contributed by atoms with E-state index in [1.54, 1.807) is 25.2 Å². The number of amides is 3. The highest BCUT2D eigenvalue weighted by molar-refractivity contribution is 6.06. The van der Waals surface area contributed by atoms with Crippen molar-refractivity contribution < 1.29 is 19.1 Å². The Morgan fingerprint density at radius 3 is 2.85 bits per heavy atom. The summed E-state index contributed by atoms with van der Waals surface area (Å²) in [5.41, 5.74) is 9.17. The fourth-order valence-corrected chi connectivity index (χ4v) is 4.68. The molecule has 12 nitrogen and oxygen atoms in total. The summed E-state index contributed by atoms with van der Waals surface area (Å²) in [6, 6.07) is 10.8. The quantitative estimate of drug-likeness (QED) is 0.181. The fraction of sp³-hybridized carbons (Fsp3) is 0.370. The minimum atomic E-state index is -0.601. The molecule has 12 heteroatoms. The number of aromatic nitrogens is 2. The number of fused-ring (bicyclic) bond motifs is 1. The first-order valence-electron chi connectivity index (χ1n) is 12.8. The van der Waals surface area contributed by atoms with Gasteiger partial charge in [0.2, 0.25) is 11.8 Å². The van der Waals surface area contributed by atoms with E-state index in [-0.39, 0.29) is 25.0 Å². The van der Waals surface area contributed by atoms with E-state index >= 15 is 0 Å². The number of hydrogen-bond donors (Lipinski definition) is 6. The molecule has 0 spiro atoms. The summed E-state index contributed by atoms with van der Waals surface area (Å²) in [5, 5.41) is 16.3.